The predicted molar refractivity (Wildman–Crippen MR) is 100 cm³/mol. The maximum absolute atomic E-state index is 5.86. The van der Waals surface area contributed by atoms with Crippen LogP contribution in [0.4, 0.5) is 0 Å². The minimum absolute atomic E-state index is 0.387. The van der Waals surface area contributed by atoms with Gasteiger partial charge in [-0.05, 0) is 70.7 Å². The van der Waals surface area contributed by atoms with Gasteiger partial charge in [0.25, 0.3) is 0 Å². The number of aryl methyl sites for hydroxylation is 2. The smallest absolute Gasteiger partial charge is 0.0678 e. The van der Waals surface area contributed by atoms with Gasteiger partial charge in [-0.2, -0.15) is 0 Å². The summed E-state index contributed by atoms with van der Waals surface area (Å²) in [6, 6.07) is 6.84. The fraction of sp³-hybridized carbons (Fsp3) is 0.714. The summed E-state index contributed by atoms with van der Waals surface area (Å²) in [6.07, 6.45) is 3.45. The lowest BCUT2D eigenvalue weighted by Gasteiger charge is -2.39. The van der Waals surface area contributed by atoms with Gasteiger partial charge in [-0.3, -0.25) is 9.80 Å². The van der Waals surface area contributed by atoms with Crippen LogP contribution in [0.25, 0.3) is 0 Å². The first-order valence-electron chi connectivity index (χ1n) is 9.66. The summed E-state index contributed by atoms with van der Waals surface area (Å²) < 4.78 is 5.86. The summed E-state index contributed by atoms with van der Waals surface area (Å²) in [7, 11) is 0. The molecule has 0 aliphatic carbocycles. The topological polar surface area (TPSA) is 15.7 Å². The second kappa shape index (κ2) is 7.99. The zero-order valence-electron chi connectivity index (χ0n) is 15.9. The van der Waals surface area contributed by atoms with E-state index in [0.717, 1.165) is 25.6 Å². The van der Waals surface area contributed by atoms with Crippen molar-refractivity contribution < 1.29 is 4.74 Å². The molecule has 0 radical (unpaired) electrons. The molecule has 24 heavy (non-hydrogen) atoms. The summed E-state index contributed by atoms with van der Waals surface area (Å²) in [5.74, 6) is 0.859. The van der Waals surface area contributed by atoms with Crippen LogP contribution in [-0.2, 0) is 11.3 Å². The van der Waals surface area contributed by atoms with Crippen LogP contribution in [0.2, 0.25) is 0 Å². The highest BCUT2D eigenvalue weighted by Crippen LogP contribution is 2.23. The fourth-order valence-electron chi connectivity index (χ4n) is 4.34. The van der Waals surface area contributed by atoms with Crippen molar-refractivity contribution in [3.05, 3.63) is 34.9 Å². The number of hydrogen-bond acceptors (Lipinski definition) is 3. The Kier molecular flexibility index (Phi) is 5.96. The molecule has 2 unspecified atom stereocenters. The minimum Gasteiger partial charge on any atom is -0.373 e. The van der Waals surface area contributed by atoms with Gasteiger partial charge in [0.1, 0.15) is 0 Å². The molecule has 3 rings (SSSR count). The monoisotopic (exact) mass is 330 g/mol. The lowest BCUT2D eigenvalue weighted by atomic mass is 9.95. The van der Waals surface area contributed by atoms with Crippen LogP contribution in [0.1, 0.15) is 43.4 Å². The van der Waals surface area contributed by atoms with Crippen molar-refractivity contribution in [1.29, 1.82) is 0 Å². The largest absolute Gasteiger partial charge is 0.373 e. The molecular weight excluding hydrogens is 296 g/mol. The van der Waals surface area contributed by atoms with E-state index in [1.54, 1.807) is 0 Å². The van der Waals surface area contributed by atoms with Gasteiger partial charge >= 0.3 is 0 Å². The first kappa shape index (κ1) is 17.9. The zero-order chi connectivity index (χ0) is 17.1. The molecule has 134 valence electrons. The van der Waals surface area contributed by atoms with Gasteiger partial charge in [0.15, 0.2) is 0 Å². The highest BCUT2D eigenvalue weighted by atomic mass is 16.5. The number of likely N-dealkylation sites (tertiary alicyclic amines) is 1. The standard InChI is InChI=1S/C21H34N2O/c1-16-5-6-17(2)21(11-16)15-22-9-7-20(8-10-22)14-23-12-18(3)24-19(4)13-23/h5-6,11,18-20H,7-10,12-15H2,1-4H3. The lowest BCUT2D eigenvalue weighted by Crippen LogP contribution is -2.48. The quantitative estimate of drug-likeness (QED) is 0.838. The third kappa shape index (κ3) is 4.81. The van der Waals surface area contributed by atoms with E-state index in [1.165, 1.54) is 49.2 Å². The third-order valence-electron chi connectivity index (χ3n) is 5.62. The predicted octanol–water partition coefficient (Wildman–Crippen LogP) is 3.62. The number of rotatable bonds is 4. The van der Waals surface area contributed by atoms with Gasteiger partial charge < -0.3 is 4.74 Å². The van der Waals surface area contributed by atoms with Crippen LogP contribution in [0.15, 0.2) is 18.2 Å². The van der Waals surface area contributed by atoms with Crippen LogP contribution in [0.3, 0.4) is 0 Å². The molecule has 2 saturated heterocycles. The summed E-state index contributed by atoms with van der Waals surface area (Å²) >= 11 is 0. The molecule has 2 aliphatic heterocycles. The molecule has 0 bridgehead atoms. The van der Waals surface area contributed by atoms with E-state index in [1.807, 2.05) is 0 Å². The zero-order valence-corrected chi connectivity index (χ0v) is 15.9. The Bertz CT molecular complexity index is 527. The summed E-state index contributed by atoms with van der Waals surface area (Å²) in [6.45, 7) is 15.9. The van der Waals surface area contributed by atoms with Gasteiger partial charge in [0.05, 0.1) is 12.2 Å². The van der Waals surface area contributed by atoms with Crippen LogP contribution in [-0.4, -0.2) is 54.7 Å². The Labute approximate surface area is 148 Å². The van der Waals surface area contributed by atoms with Crippen LogP contribution in [0, 0.1) is 19.8 Å². The summed E-state index contributed by atoms with van der Waals surface area (Å²) in [5.41, 5.74) is 4.31. The van der Waals surface area contributed by atoms with Crippen LogP contribution >= 0.6 is 0 Å². The van der Waals surface area contributed by atoms with Crippen molar-refractivity contribution >= 4 is 0 Å². The molecule has 2 heterocycles. The van der Waals surface area contributed by atoms with Gasteiger partial charge in [0, 0.05) is 26.2 Å². The minimum atomic E-state index is 0.387. The van der Waals surface area contributed by atoms with E-state index >= 15 is 0 Å². The van der Waals surface area contributed by atoms with Crippen molar-refractivity contribution in [2.75, 3.05) is 32.7 Å². The Morgan fingerprint density at radius 3 is 2.33 bits per heavy atom. The highest BCUT2D eigenvalue weighted by Gasteiger charge is 2.26. The SMILES string of the molecule is Cc1ccc(C)c(CN2CCC(CN3CC(C)OC(C)C3)CC2)c1. The Hall–Kier alpha value is -0.900. The van der Waals surface area contributed by atoms with Crippen molar-refractivity contribution in [1.82, 2.24) is 9.80 Å². The van der Waals surface area contributed by atoms with Crippen LogP contribution in [0.5, 0.6) is 0 Å². The summed E-state index contributed by atoms with van der Waals surface area (Å²) in [4.78, 5) is 5.27. The number of ether oxygens (including phenoxy) is 1. The Balaban J connectivity index is 1.46. The Morgan fingerprint density at radius 2 is 1.67 bits per heavy atom. The van der Waals surface area contributed by atoms with Crippen molar-refractivity contribution in [2.45, 2.75) is 59.3 Å². The maximum atomic E-state index is 5.86. The molecule has 0 spiro atoms. The van der Waals surface area contributed by atoms with Gasteiger partial charge in [-0.1, -0.05) is 23.8 Å². The van der Waals surface area contributed by atoms with E-state index < -0.39 is 0 Å². The second-order valence-corrected chi connectivity index (χ2v) is 8.13. The van der Waals surface area contributed by atoms with E-state index in [9.17, 15) is 0 Å². The molecule has 0 saturated carbocycles. The first-order chi connectivity index (χ1) is 11.5. The Morgan fingerprint density at radius 1 is 1.00 bits per heavy atom. The average Bonchev–Trinajstić information content (AvgIpc) is 2.52. The fourth-order valence-corrected chi connectivity index (χ4v) is 4.34. The summed E-state index contributed by atoms with van der Waals surface area (Å²) in [5, 5.41) is 0. The van der Waals surface area contributed by atoms with E-state index in [2.05, 4.69) is 55.7 Å². The van der Waals surface area contributed by atoms with E-state index in [4.69, 9.17) is 4.74 Å². The second-order valence-electron chi connectivity index (χ2n) is 8.13. The molecule has 3 nitrogen and oxygen atoms in total. The third-order valence-corrected chi connectivity index (χ3v) is 5.62. The molecule has 2 aliphatic rings. The molecular formula is C21H34N2O. The normalized spacial score (nSPS) is 27.5. The van der Waals surface area contributed by atoms with Crippen molar-refractivity contribution in [2.24, 2.45) is 5.92 Å². The van der Waals surface area contributed by atoms with Gasteiger partial charge in [-0.25, -0.2) is 0 Å². The number of benzene rings is 1. The molecule has 0 amide bonds. The molecule has 0 N–H and O–H groups in total. The molecule has 3 heteroatoms. The van der Waals surface area contributed by atoms with E-state index in [-0.39, 0.29) is 0 Å². The van der Waals surface area contributed by atoms with Crippen molar-refractivity contribution in [3.63, 3.8) is 0 Å². The highest BCUT2D eigenvalue weighted by molar-refractivity contribution is 5.30. The van der Waals surface area contributed by atoms with Gasteiger partial charge in [-0.15, -0.1) is 0 Å². The number of piperidine rings is 1. The maximum Gasteiger partial charge on any atom is 0.0678 e. The van der Waals surface area contributed by atoms with Crippen LogP contribution < -0.4 is 0 Å². The molecule has 1 aromatic rings. The first-order valence-corrected chi connectivity index (χ1v) is 9.66. The van der Waals surface area contributed by atoms with E-state index in [0.29, 0.717) is 12.2 Å². The molecule has 1 aromatic carbocycles. The van der Waals surface area contributed by atoms with Crippen molar-refractivity contribution in [3.8, 4) is 0 Å². The number of hydrogen-bond donors (Lipinski definition) is 0. The lowest BCUT2D eigenvalue weighted by molar-refractivity contribution is -0.0732. The molecule has 0 aromatic heterocycles. The average molecular weight is 331 g/mol. The van der Waals surface area contributed by atoms with Gasteiger partial charge in [0.2, 0.25) is 0 Å². The number of nitrogens with zero attached hydrogens (tertiary/aromatic N) is 2. The molecule has 2 fully saturated rings. The number of morpholine rings is 1. The molecule has 2 atom stereocenters.